The van der Waals surface area contributed by atoms with Crippen LogP contribution in [0.1, 0.15) is 15.9 Å². The number of para-hydroxylation sites is 2. The van der Waals surface area contributed by atoms with Gasteiger partial charge in [0.25, 0.3) is 11.5 Å². The van der Waals surface area contributed by atoms with Crippen LogP contribution < -0.4 is 20.1 Å². The normalized spacial score (nSPS) is 11.9. The van der Waals surface area contributed by atoms with Gasteiger partial charge in [-0.25, -0.2) is 4.79 Å². The number of benzene rings is 3. The van der Waals surface area contributed by atoms with E-state index < -0.39 is 11.9 Å². The molecule has 0 saturated carbocycles. The molecule has 1 aromatic heterocycles. The Kier molecular flexibility index (Phi) is 7.00. The van der Waals surface area contributed by atoms with Crippen LogP contribution in [0.2, 0.25) is 0 Å². The minimum atomic E-state index is -0.612. The molecule has 1 amide bonds. The van der Waals surface area contributed by atoms with E-state index in [-0.39, 0.29) is 15.8 Å². The Bertz CT molecular complexity index is 1600. The molecule has 0 aliphatic heterocycles. The number of carbonyl (C=O) groups is 2. The summed E-state index contributed by atoms with van der Waals surface area (Å²) in [5.74, 6) is -1.07. The summed E-state index contributed by atoms with van der Waals surface area (Å²) in [5.41, 5.74) is 1.58. The number of nitrogens with one attached hydrogen (secondary N) is 1. The highest BCUT2D eigenvalue weighted by Crippen LogP contribution is 2.10. The van der Waals surface area contributed by atoms with Crippen molar-refractivity contribution in [1.29, 1.82) is 5.26 Å². The molecular weight excluding hydrogens is 462 g/mol. The molecule has 0 fully saturated rings. The lowest BCUT2D eigenvalue weighted by Crippen LogP contribution is -2.32. The Hall–Kier alpha value is -4.74. The van der Waals surface area contributed by atoms with Crippen LogP contribution in [0.3, 0.4) is 0 Å². The smallest absolute Gasteiger partial charge is 0.337 e. The van der Waals surface area contributed by atoms with E-state index in [1.165, 1.54) is 11.7 Å². The maximum Gasteiger partial charge on any atom is 0.337 e. The Morgan fingerprint density at radius 1 is 0.971 bits per heavy atom. The Balaban J connectivity index is 1.90. The molecule has 8 heteroatoms. The first-order valence-corrected chi connectivity index (χ1v) is 11.3. The maximum atomic E-state index is 13.4. The van der Waals surface area contributed by atoms with Gasteiger partial charge in [0.15, 0.2) is 5.57 Å². The SMILES string of the molecule is COC(=O)c1ccc(/C=c2/s/c(=C(\C#N)C(=O)Nc3ccccc3)n(-c3ccccc3)c2=O)cc1. The van der Waals surface area contributed by atoms with Crippen LogP contribution in [0.15, 0.2) is 89.7 Å². The van der Waals surface area contributed by atoms with E-state index >= 15 is 0 Å². The summed E-state index contributed by atoms with van der Waals surface area (Å²) in [6.45, 7) is 0. The van der Waals surface area contributed by atoms with Crippen molar-refractivity contribution in [1.82, 2.24) is 4.57 Å². The third-order valence-corrected chi connectivity index (χ3v) is 6.14. The quantitative estimate of drug-likeness (QED) is 0.442. The Labute approximate surface area is 204 Å². The largest absolute Gasteiger partial charge is 0.465 e. The van der Waals surface area contributed by atoms with Gasteiger partial charge in [-0.3, -0.25) is 14.2 Å². The summed E-state index contributed by atoms with van der Waals surface area (Å²) in [6.07, 6.45) is 1.65. The van der Waals surface area contributed by atoms with Crippen LogP contribution in [0.5, 0.6) is 0 Å². The van der Waals surface area contributed by atoms with Crippen molar-refractivity contribution >= 4 is 40.5 Å². The number of aromatic nitrogens is 1. The fraction of sp³-hybridized carbons (Fsp3) is 0.0370. The van der Waals surface area contributed by atoms with Crippen LogP contribution in [-0.4, -0.2) is 23.6 Å². The fourth-order valence-electron chi connectivity index (χ4n) is 3.36. The van der Waals surface area contributed by atoms with Crippen molar-refractivity contribution in [2.24, 2.45) is 0 Å². The average Bonchev–Trinajstić information content (AvgIpc) is 3.20. The van der Waals surface area contributed by atoms with Crippen LogP contribution in [-0.2, 0) is 9.53 Å². The number of hydrogen-bond donors (Lipinski definition) is 1. The van der Waals surface area contributed by atoms with E-state index in [2.05, 4.69) is 5.32 Å². The second-order valence-corrected chi connectivity index (χ2v) is 8.34. The number of ether oxygens (including phenoxy) is 1. The number of rotatable bonds is 5. The Morgan fingerprint density at radius 2 is 1.60 bits per heavy atom. The minimum Gasteiger partial charge on any atom is -0.465 e. The molecule has 0 spiro atoms. The van der Waals surface area contributed by atoms with E-state index in [9.17, 15) is 19.6 Å². The van der Waals surface area contributed by atoms with Gasteiger partial charge in [0, 0.05) is 5.69 Å². The molecule has 172 valence electrons. The predicted molar refractivity (Wildman–Crippen MR) is 135 cm³/mol. The number of methoxy groups -OCH3 is 1. The lowest BCUT2D eigenvalue weighted by molar-refractivity contribution is -0.111. The monoisotopic (exact) mass is 481 g/mol. The van der Waals surface area contributed by atoms with Gasteiger partial charge >= 0.3 is 5.97 Å². The van der Waals surface area contributed by atoms with Crippen LogP contribution >= 0.6 is 11.3 Å². The van der Waals surface area contributed by atoms with Gasteiger partial charge in [0.05, 0.1) is 22.9 Å². The molecule has 3 aromatic carbocycles. The first-order chi connectivity index (χ1) is 17.0. The molecule has 0 unspecified atom stereocenters. The zero-order valence-corrected chi connectivity index (χ0v) is 19.4. The second-order valence-electron chi connectivity index (χ2n) is 7.31. The molecule has 1 N–H and O–H groups in total. The lowest BCUT2D eigenvalue weighted by atomic mass is 10.1. The van der Waals surface area contributed by atoms with Crippen molar-refractivity contribution in [2.75, 3.05) is 12.4 Å². The van der Waals surface area contributed by atoms with E-state index in [1.54, 1.807) is 78.9 Å². The molecule has 0 saturated heterocycles. The molecule has 0 atom stereocenters. The van der Waals surface area contributed by atoms with Crippen LogP contribution in [0.4, 0.5) is 5.69 Å². The van der Waals surface area contributed by atoms with Crippen molar-refractivity contribution < 1.29 is 14.3 Å². The second kappa shape index (κ2) is 10.5. The van der Waals surface area contributed by atoms with E-state index in [0.29, 0.717) is 27.0 Å². The fourth-order valence-corrected chi connectivity index (χ4v) is 4.46. The maximum absolute atomic E-state index is 13.4. The summed E-state index contributed by atoms with van der Waals surface area (Å²) in [5, 5.41) is 12.6. The van der Waals surface area contributed by atoms with Gasteiger partial charge in [-0.2, -0.15) is 5.26 Å². The summed E-state index contributed by atoms with van der Waals surface area (Å²) < 4.78 is 6.62. The van der Waals surface area contributed by atoms with Gasteiger partial charge in [-0.15, -0.1) is 11.3 Å². The molecule has 35 heavy (non-hydrogen) atoms. The van der Waals surface area contributed by atoms with Crippen molar-refractivity contribution in [2.45, 2.75) is 0 Å². The van der Waals surface area contributed by atoms with Gasteiger partial charge in [0.2, 0.25) is 0 Å². The minimum absolute atomic E-state index is 0.180. The zero-order valence-electron chi connectivity index (χ0n) is 18.6. The van der Waals surface area contributed by atoms with Crippen LogP contribution in [0, 0.1) is 11.3 Å². The zero-order chi connectivity index (χ0) is 24.8. The third kappa shape index (κ3) is 5.11. The molecule has 0 radical (unpaired) electrons. The van der Waals surface area contributed by atoms with E-state index in [0.717, 1.165) is 11.3 Å². The number of amides is 1. The molecule has 0 aliphatic carbocycles. The summed E-state index contributed by atoms with van der Waals surface area (Å²) in [4.78, 5) is 38.1. The van der Waals surface area contributed by atoms with Crippen molar-refractivity contribution in [3.8, 4) is 11.8 Å². The molecule has 1 heterocycles. The van der Waals surface area contributed by atoms with Gasteiger partial charge in [-0.05, 0) is 48.0 Å². The lowest BCUT2D eigenvalue weighted by Gasteiger charge is -2.05. The molecule has 4 rings (SSSR count). The number of thiazole rings is 1. The molecule has 0 bridgehead atoms. The number of nitrogens with zero attached hydrogens (tertiary/aromatic N) is 2. The van der Waals surface area contributed by atoms with Gasteiger partial charge in [-0.1, -0.05) is 48.5 Å². The average molecular weight is 482 g/mol. The number of carbonyl (C=O) groups excluding carboxylic acids is 2. The summed E-state index contributed by atoms with van der Waals surface area (Å²) in [6, 6.07) is 26.1. The standard InChI is InChI=1S/C27H19N3O4S/c1-34-27(33)19-14-12-18(13-15-19)16-23-25(32)30(21-10-6-3-7-11-21)26(35-23)22(17-28)24(31)29-20-8-4-2-5-9-20/h2-16H,1H3,(H,29,31)/b23-16+,26-22+. The Morgan fingerprint density at radius 3 is 2.20 bits per heavy atom. The first-order valence-electron chi connectivity index (χ1n) is 10.5. The van der Waals surface area contributed by atoms with E-state index in [4.69, 9.17) is 4.74 Å². The molecule has 7 nitrogen and oxygen atoms in total. The number of esters is 1. The van der Waals surface area contributed by atoms with E-state index in [1.807, 2.05) is 18.2 Å². The molecule has 4 aromatic rings. The number of anilines is 1. The highest BCUT2D eigenvalue weighted by molar-refractivity contribution is 7.07. The van der Waals surface area contributed by atoms with Gasteiger partial charge in [0.1, 0.15) is 10.7 Å². The van der Waals surface area contributed by atoms with Crippen molar-refractivity contribution in [3.05, 3.63) is 116 Å². The van der Waals surface area contributed by atoms with Crippen LogP contribution in [0.25, 0.3) is 17.3 Å². The highest BCUT2D eigenvalue weighted by Gasteiger charge is 2.17. The molecule has 0 aliphatic rings. The summed E-state index contributed by atoms with van der Waals surface area (Å²) in [7, 11) is 1.30. The number of nitriles is 1. The van der Waals surface area contributed by atoms with Crippen molar-refractivity contribution in [3.63, 3.8) is 0 Å². The topological polar surface area (TPSA) is 101 Å². The van der Waals surface area contributed by atoms with Gasteiger partial charge < -0.3 is 10.1 Å². The first kappa shape index (κ1) is 23.4. The highest BCUT2D eigenvalue weighted by atomic mass is 32.1. The molecular formula is C27H19N3O4S. The predicted octanol–water partition coefficient (Wildman–Crippen LogP) is 2.83. The summed E-state index contributed by atoms with van der Waals surface area (Å²) >= 11 is 1.05. The third-order valence-electron chi connectivity index (χ3n) is 5.05. The number of hydrogen-bond acceptors (Lipinski definition) is 6.